The second kappa shape index (κ2) is 6.56. The monoisotopic (exact) mass is 254 g/mol. The summed E-state index contributed by atoms with van der Waals surface area (Å²) in [6, 6.07) is 0.297. The zero-order chi connectivity index (χ0) is 12.9. The van der Waals surface area contributed by atoms with Crippen LogP contribution in [0, 0.1) is 5.92 Å². The Morgan fingerprint density at radius 2 is 1.94 bits per heavy atom. The third-order valence-corrected chi connectivity index (χ3v) is 3.45. The number of nitrogens with two attached hydrogens (primary N) is 1. The Labute approximate surface area is 100 Å². The molecule has 0 bridgehead atoms. The molecule has 0 spiro atoms. The fourth-order valence-electron chi connectivity index (χ4n) is 2.51. The van der Waals surface area contributed by atoms with Gasteiger partial charge < -0.3 is 10.6 Å². The predicted molar refractivity (Wildman–Crippen MR) is 59.4 cm³/mol. The van der Waals surface area contributed by atoms with Crippen molar-refractivity contribution >= 4 is 0 Å². The highest BCUT2D eigenvalue weighted by Crippen LogP contribution is 2.27. The van der Waals surface area contributed by atoms with Gasteiger partial charge in [-0.25, -0.2) is 0 Å². The summed E-state index contributed by atoms with van der Waals surface area (Å²) >= 11 is 0. The SMILES string of the molecule is CN(CCOC(F)(F)F)C1CCCCC1CN. The first-order valence-electron chi connectivity index (χ1n) is 6.05. The van der Waals surface area contributed by atoms with E-state index in [9.17, 15) is 13.2 Å². The van der Waals surface area contributed by atoms with E-state index < -0.39 is 6.36 Å². The van der Waals surface area contributed by atoms with Gasteiger partial charge >= 0.3 is 6.36 Å². The lowest BCUT2D eigenvalue weighted by Crippen LogP contribution is -2.44. The molecule has 1 aliphatic carbocycles. The van der Waals surface area contributed by atoms with Gasteiger partial charge in [0, 0.05) is 12.6 Å². The lowest BCUT2D eigenvalue weighted by atomic mass is 9.84. The molecule has 0 aromatic carbocycles. The molecular weight excluding hydrogens is 233 g/mol. The van der Waals surface area contributed by atoms with Gasteiger partial charge in [0.25, 0.3) is 0 Å². The van der Waals surface area contributed by atoms with Gasteiger partial charge in [0.1, 0.15) is 0 Å². The molecule has 0 amide bonds. The molecular formula is C11H21F3N2O. The van der Waals surface area contributed by atoms with E-state index in [1.165, 1.54) is 6.42 Å². The summed E-state index contributed by atoms with van der Waals surface area (Å²) in [4.78, 5) is 1.95. The maximum Gasteiger partial charge on any atom is 0.522 e. The standard InChI is InChI=1S/C11H21F3N2O/c1-16(6-7-17-11(12,13)14)10-5-3-2-4-9(10)8-15/h9-10H,2-8,15H2,1H3. The van der Waals surface area contributed by atoms with Crippen molar-refractivity contribution < 1.29 is 17.9 Å². The van der Waals surface area contributed by atoms with Crippen LogP contribution in [0.25, 0.3) is 0 Å². The van der Waals surface area contributed by atoms with Crippen molar-refractivity contribution in [3.8, 4) is 0 Å². The zero-order valence-corrected chi connectivity index (χ0v) is 10.2. The van der Waals surface area contributed by atoms with Crippen LogP contribution in [0.4, 0.5) is 13.2 Å². The average Bonchev–Trinajstić information content (AvgIpc) is 2.27. The Kier molecular flexibility index (Phi) is 5.69. The first-order valence-corrected chi connectivity index (χ1v) is 6.05. The molecule has 2 unspecified atom stereocenters. The topological polar surface area (TPSA) is 38.5 Å². The van der Waals surface area contributed by atoms with E-state index in [0.29, 0.717) is 25.0 Å². The third-order valence-electron chi connectivity index (χ3n) is 3.45. The maximum absolute atomic E-state index is 11.8. The van der Waals surface area contributed by atoms with Crippen molar-refractivity contribution in [2.24, 2.45) is 11.7 Å². The van der Waals surface area contributed by atoms with Crippen LogP contribution in [0.15, 0.2) is 0 Å². The van der Waals surface area contributed by atoms with Crippen LogP contribution < -0.4 is 5.73 Å². The highest BCUT2D eigenvalue weighted by atomic mass is 19.4. The number of halogens is 3. The summed E-state index contributed by atoms with van der Waals surface area (Å²) in [6.07, 6.45) is -0.131. The number of hydrogen-bond acceptors (Lipinski definition) is 3. The highest BCUT2D eigenvalue weighted by Gasteiger charge is 2.30. The fraction of sp³-hybridized carbons (Fsp3) is 1.00. The van der Waals surface area contributed by atoms with Crippen LogP contribution in [0.2, 0.25) is 0 Å². The largest absolute Gasteiger partial charge is 0.522 e. The van der Waals surface area contributed by atoms with Crippen molar-refractivity contribution in [3.63, 3.8) is 0 Å². The van der Waals surface area contributed by atoms with Crippen LogP contribution in [0.1, 0.15) is 25.7 Å². The molecule has 1 rings (SSSR count). The van der Waals surface area contributed by atoms with E-state index in [0.717, 1.165) is 19.3 Å². The van der Waals surface area contributed by atoms with Gasteiger partial charge in [-0.3, -0.25) is 4.74 Å². The van der Waals surface area contributed by atoms with Gasteiger partial charge in [-0.2, -0.15) is 0 Å². The van der Waals surface area contributed by atoms with Crippen LogP contribution in [-0.4, -0.2) is 44.0 Å². The van der Waals surface area contributed by atoms with Crippen molar-refractivity contribution in [1.82, 2.24) is 4.90 Å². The molecule has 1 fully saturated rings. The zero-order valence-electron chi connectivity index (χ0n) is 10.2. The Balaban J connectivity index is 2.32. The molecule has 2 N–H and O–H groups in total. The van der Waals surface area contributed by atoms with Crippen molar-refractivity contribution in [3.05, 3.63) is 0 Å². The van der Waals surface area contributed by atoms with Gasteiger partial charge in [-0.05, 0) is 32.4 Å². The molecule has 1 aliphatic rings. The van der Waals surface area contributed by atoms with E-state index in [2.05, 4.69) is 4.74 Å². The number of alkyl halides is 3. The molecule has 17 heavy (non-hydrogen) atoms. The van der Waals surface area contributed by atoms with E-state index >= 15 is 0 Å². The number of likely N-dealkylation sites (N-methyl/N-ethyl adjacent to an activating group) is 1. The molecule has 2 atom stereocenters. The van der Waals surface area contributed by atoms with Crippen LogP contribution in [-0.2, 0) is 4.74 Å². The van der Waals surface area contributed by atoms with Crippen molar-refractivity contribution in [2.75, 3.05) is 26.7 Å². The minimum absolute atomic E-state index is 0.292. The molecule has 6 heteroatoms. The van der Waals surface area contributed by atoms with E-state index in [1.807, 2.05) is 11.9 Å². The normalized spacial score (nSPS) is 26.5. The molecule has 0 radical (unpaired) electrons. The van der Waals surface area contributed by atoms with Crippen LogP contribution >= 0.6 is 0 Å². The summed E-state index contributed by atoms with van der Waals surface area (Å²) in [7, 11) is 1.85. The van der Waals surface area contributed by atoms with Gasteiger partial charge in [-0.1, -0.05) is 12.8 Å². The number of rotatable bonds is 5. The van der Waals surface area contributed by atoms with Crippen LogP contribution in [0.5, 0.6) is 0 Å². The predicted octanol–water partition coefficient (Wildman–Crippen LogP) is 1.97. The van der Waals surface area contributed by atoms with Gasteiger partial charge in [0.2, 0.25) is 0 Å². The van der Waals surface area contributed by atoms with Gasteiger partial charge in [-0.15, -0.1) is 13.2 Å². The van der Waals surface area contributed by atoms with Gasteiger partial charge in [0.05, 0.1) is 6.61 Å². The number of hydrogen-bond donors (Lipinski definition) is 1. The first kappa shape index (κ1) is 14.7. The Morgan fingerprint density at radius 1 is 1.29 bits per heavy atom. The molecule has 0 aromatic heterocycles. The Bertz CT molecular complexity index is 223. The molecule has 0 heterocycles. The maximum atomic E-state index is 11.8. The Hall–Kier alpha value is -0.330. The molecule has 1 saturated carbocycles. The van der Waals surface area contributed by atoms with Crippen LogP contribution in [0.3, 0.4) is 0 Å². The van der Waals surface area contributed by atoms with E-state index in [1.54, 1.807) is 0 Å². The second-order valence-corrected chi connectivity index (χ2v) is 4.62. The minimum Gasteiger partial charge on any atom is -0.330 e. The second-order valence-electron chi connectivity index (χ2n) is 4.62. The van der Waals surface area contributed by atoms with Crippen molar-refractivity contribution in [1.29, 1.82) is 0 Å². The summed E-state index contributed by atoms with van der Waals surface area (Å²) in [5.41, 5.74) is 5.69. The number of nitrogens with zero attached hydrogens (tertiary/aromatic N) is 1. The van der Waals surface area contributed by atoms with E-state index in [4.69, 9.17) is 5.73 Å². The molecule has 0 aromatic rings. The fourth-order valence-corrected chi connectivity index (χ4v) is 2.51. The molecule has 0 aliphatic heterocycles. The summed E-state index contributed by atoms with van der Waals surface area (Å²) < 4.78 is 39.3. The summed E-state index contributed by atoms with van der Waals surface area (Å²) in [6.45, 7) is 0.587. The molecule has 0 saturated heterocycles. The van der Waals surface area contributed by atoms with Crippen molar-refractivity contribution in [2.45, 2.75) is 38.1 Å². The lowest BCUT2D eigenvalue weighted by molar-refractivity contribution is -0.325. The smallest absolute Gasteiger partial charge is 0.330 e. The summed E-state index contributed by atoms with van der Waals surface area (Å²) in [5, 5.41) is 0. The lowest BCUT2D eigenvalue weighted by Gasteiger charge is -2.37. The number of ether oxygens (including phenoxy) is 1. The van der Waals surface area contributed by atoms with Gasteiger partial charge in [0.15, 0.2) is 0 Å². The third kappa shape index (κ3) is 5.23. The first-order chi connectivity index (χ1) is 7.94. The molecule has 102 valence electrons. The minimum atomic E-state index is -4.53. The Morgan fingerprint density at radius 3 is 2.53 bits per heavy atom. The summed E-state index contributed by atoms with van der Waals surface area (Å²) in [5.74, 6) is 0.402. The molecule has 3 nitrogen and oxygen atoms in total. The van der Waals surface area contributed by atoms with E-state index in [-0.39, 0.29) is 6.61 Å². The quantitative estimate of drug-likeness (QED) is 0.815. The highest BCUT2D eigenvalue weighted by molar-refractivity contribution is 4.82. The average molecular weight is 254 g/mol.